The molecule has 0 radical (unpaired) electrons. The molecule has 27 heavy (non-hydrogen) atoms. The Bertz CT molecular complexity index is 1050. The molecular formula is C20H19NO3S3. The van der Waals surface area contributed by atoms with E-state index in [4.69, 9.17) is 0 Å². The average Bonchev–Trinajstić information content (AvgIpc) is 2.67. The van der Waals surface area contributed by atoms with Crippen LogP contribution in [-0.2, 0) is 20.8 Å². The molecule has 1 atom stereocenters. The van der Waals surface area contributed by atoms with Crippen LogP contribution in [0.5, 0.6) is 0 Å². The highest BCUT2D eigenvalue weighted by atomic mass is 32.2. The minimum atomic E-state index is -3.33. The van der Waals surface area contributed by atoms with E-state index >= 15 is 0 Å². The predicted octanol–water partition coefficient (Wildman–Crippen LogP) is 4.40. The lowest BCUT2D eigenvalue weighted by atomic mass is 10.3. The van der Waals surface area contributed by atoms with Crippen molar-refractivity contribution in [3.8, 4) is 0 Å². The summed E-state index contributed by atoms with van der Waals surface area (Å²) in [6.45, 7) is 0. The van der Waals surface area contributed by atoms with Gasteiger partial charge in [-0.1, -0.05) is 42.1 Å². The maximum Gasteiger partial charge on any atom is 0.231 e. The Morgan fingerprint density at radius 3 is 2.07 bits per heavy atom. The highest BCUT2D eigenvalue weighted by Crippen LogP contribution is 2.33. The van der Waals surface area contributed by atoms with Crippen LogP contribution < -0.4 is 4.31 Å². The van der Waals surface area contributed by atoms with E-state index in [0.29, 0.717) is 10.6 Å². The molecule has 3 rings (SSSR count). The molecular weight excluding hydrogens is 398 g/mol. The largest absolute Gasteiger partial charge is 0.274 e. The van der Waals surface area contributed by atoms with E-state index in [1.807, 2.05) is 54.6 Å². The molecule has 0 fully saturated rings. The van der Waals surface area contributed by atoms with Crippen molar-refractivity contribution < 1.29 is 12.6 Å². The Kier molecular flexibility index (Phi) is 6.04. The normalized spacial score (nSPS) is 12.5. The van der Waals surface area contributed by atoms with Crippen molar-refractivity contribution in [1.82, 2.24) is 0 Å². The quantitative estimate of drug-likeness (QED) is 0.596. The van der Waals surface area contributed by atoms with Gasteiger partial charge in [-0.25, -0.2) is 12.6 Å². The summed E-state index contributed by atoms with van der Waals surface area (Å²) >= 11 is 1.57. The fraction of sp³-hybridized carbons (Fsp3) is 0.100. The molecule has 0 N–H and O–H groups in total. The third kappa shape index (κ3) is 4.80. The van der Waals surface area contributed by atoms with Crippen molar-refractivity contribution in [1.29, 1.82) is 0 Å². The number of benzene rings is 3. The zero-order chi connectivity index (χ0) is 19.4. The van der Waals surface area contributed by atoms with Crippen LogP contribution in [0, 0.1) is 0 Å². The topological polar surface area (TPSA) is 54.5 Å². The van der Waals surface area contributed by atoms with Crippen LogP contribution in [0.4, 0.5) is 5.69 Å². The van der Waals surface area contributed by atoms with Crippen LogP contribution in [-0.4, -0.2) is 25.9 Å². The molecule has 0 aliphatic carbocycles. The lowest BCUT2D eigenvalue weighted by Gasteiger charge is -2.17. The average molecular weight is 418 g/mol. The van der Waals surface area contributed by atoms with Crippen LogP contribution in [0.25, 0.3) is 0 Å². The molecule has 1 unspecified atom stereocenters. The number of sulfonamides is 1. The second-order valence-corrected chi connectivity index (χ2v) is 10.4. The zero-order valence-corrected chi connectivity index (χ0v) is 17.4. The third-order valence-corrected chi connectivity index (χ3v) is 7.81. The van der Waals surface area contributed by atoms with Gasteiger partial charge in [0.15, 0.2) is 0 Å². The van der Waals surface area contributed by atoms with E-state index in [-0.39, 0.29) is 0 Å². The van der Waals surface area contributed by atoms with Gasteiger partial charge in [-0.05, 0) is 48.5 Å². The van der Waals surface area contributed by atoms with E-state index < -0.39 is 20.8 Å². The number of nitrogens with zero attached hydrogens (tertiary/aromatic N) is 1. The minimum absolute atomic E-state index is 0.533. The SMILES string of the molecule is CN(c1ccc(S(=O)c2ccccc2Sc2ccccc2)cc1)S(C)(=O)=O. The Balaban J connectivity index is 1.88. The maximum atomic E-state index is 13.1. The van der Waals surface area contributed by atoms with Crippen molar-refractivity contribution >= 4 is 38.3 Å². The van der Waals surface area contributed by atoms with Gasteiger partial charge in [0.05, 0.1) is 27.6 Å². The van der Waals surface area contributed by atoms with E-state index in [0.717, 1.165) is 20.9 Å². The van der Waals surface area contributed by atoms with E-state index in [1.54, 1.807) is 36.0 Å². The summed E-state index contributed by atoms with van der Waals surface area (Å²) in [6.07, 6.45) is 1.15. The molecule has 3 aromatic carbocycles. The summed E-state index contributed by atoms with van der Waals surface area (Å²) < 4.78 is 37.6. The molecule has 0 aliphatic rings. The van der Waals surface area contributed by atoms with Crippen LogP contribution >= 0.6 is 11.8 Å². The van der Waals surface area contributed by atoms with Crippen LogP contribution in [0.15, 0.2) is 98.4 Å². The Morgan fingerprint density at radius 1 is 0.852 bits per heavy atom. The second kappa shape index (κ2) is 8.29. The van der Waals surface area contributed by atoms with Crippen molar-refractivity contribution in [2.45, 2.75) is 19.6 Å². The number of rotatable bonds is 6. The highest BCUT2D eigenvalue weighted by Gasteiger charge is 2.15. The Morgan fingerprint density at radius 2 is 1.44 bits per heavy atom. The predicted molar refractivity (Wildman–Crippen MR) is 111 cm³/mol. The summed E-state index contributed by atoms with van der Waals surface area (Å²) in [4.78, 5) is 3.36. The first-order chi connectivity index (χ1) is 12.9. The van der Waals surface area contributed by atoms with Gasteiger partial charge in [0, 0.05) is 21.7 Å². The van der Waals surface area contributed by atoms with Gasteiger partial charge in [0.2, 0.25) is 10.0 Å². The monoisotopic (exact) mass is 417 g/mol. The molecule has 0 bridgehead atoms. The molecule has 3 aromatic rings. The van der Waals surface area contributed by atoms with Gasteiger partial charge < -0.3 is 0 Å². The van der Waals surface area contributed by atoms with Gasteiger partial charge in [0.25, 0.3) is 0 Å². The minimum Gasteiger partial charge on any atom is -0.274 e. The molecule has 140 valence electrons. The van der Waals surface area contributed by atoms with Gasteiger partial charge in [-0.3, -0.25) is 4.31 Å². The molecule has 0 aromatic heterocycles. The van der Waals surface area contributed by atoms with Crippen molar-refractivity contribution in [3.05, 3.63) is 78.9 Å². The molecule has 7 heteroatoms. The molecule has 0 saturated carbocycles. The molecule has 0 aliphatic heterocycles. The number of anilines is 1. The Hall–Kier alpha value is -2.09. The third-order valence-electron chi connectivity index (χ3n) is 3.93. The number of hydrogen-bond donors (Lipinski definition) is 0. The van der Waals surface area contributed by atoms with E-state index in [2.05, 4.69) is 0 Å². The van der Waals surface area contributed by atoms with Crippen LogP contribution in [0.3, 0.4) is 0 Å². The first-order valence-corrected chi connectivity index (χ1v) is 12.0. The van der Waals surface area contributed by atoms with Gasteiger partial charge >= 0.3 is 0 Å². The summed E-state index contributed by atoms with van der Waals surface area (Å²) in [6, 6.07) is 24.3. The molecule has 0 spiro atoms. The number of hydrogen-bond acceptors (Lipinski definition) is 4. The van der Waals surface area contributed by atoms with Gasteiger partial charge in [-0.15, -0.1) is 0 Å². The van der Waals surface area contributed by atoms with Crippen molar-refractivity contribution in [2.24, 2.45) is 0 Å². The smallest absolute Gasteiger partial charge is 0.231 e. The fourth-order valence-corrected chi connectivity index (χ4v) is 5.21. The first-order valence-electron chi connectivity index (χ1n) is 8.14. The summed E-state index contributed by atoms with van der Waals surface area (Å²) in [5, 5.41) is 0. The zero-order valence-electron chi connectivity index (χ0n) is 14.9. The second-order valence-electron chi connectivity index (χ2n) is 5.85. The van der Waals surface area contributed by atoms with Crippen molar-refractivity contribution in [2.75, 3.05) is 17.6 Å². The highest BCUT2D eigenvalue weighted by molar-refractivity contribution is 8.00. The molecule has 0 amide bonds. The fourth-order valence-electron chi connectivity index (χ4n) is 2.40. The van der Waals surface area contributed by atoms with Gasteiger partial charge in [-0.2, -0.15) is 0 Å². The standard InChI is InChI=1S/C20H19NO3S3/c1-21(27(2,23)24)16-12-14-18(15-13-16)26(22)20-11-7-6-10-19(20)25-17-8-4-3-5-9-17/h3-15H,1-2H3. The molecule has 0 saturated heterocycles. The van der Waals surface area contributed by atoms with Gasteiger partial charge in [0.1, 0.15) is 0 Å². The van der Waals surface area contributed by atoms with Crippen LogP contribution in [0.2, 0.25) is 0 Å². The van der Waals surface area contributed by atoms with Crippen molar-refractivity contribution in [3.63, 3.8) is 0 Å². The van der Waals surface area contributed by atoms with E-state index in [1.165, 1.54) is 11.4 Å². The Labute approximate surface area is 166 Å². The summed E-state index contributed by atoms with van der Waals surface area (Å²) in [7, 11) is -3.20. The molecule has 0 heterocycles. The summed E-state index contributed by atoms with van der Waals surface area (Å²) in [5.74, 6) is 0. The lowest BCUT2D eigenvalue weighted by Crippen LogP contribution is -2.24. The lowest BCUT2D eigenvalue weighted by molar-refractivity contribution is 0.600. The molecule has 4 nitrogen and oxygen atoms in total. The first kappa shape index (κ1) is 19.7. The maximum absolute atomic E-state index is 13.1. The summed E-state index contributed by atoms with van der Waals surface area (Å²) in [5.41, 5.74) is 0.533. The van der Waals surface area contributed by atoms with E-state index in [9.17, 15) is 12.6 Å². The van der Waals surface area contributed by atoms with Crippen LogP contribution in [0.1, 0.15) is 0 Å².